The summed E-state index contributed by atoms with van der Waals surface area (Å²) in [5.74, 6) is -1.76. The molecule has 2 atom stereocenters. The second-order valence-corrected chi connectivity index (χ2v) is 4.26. The van der Waals surface area contributed by atoms with Crippen molar-refractivity contribution in [2.24, 2.45) is 5.92 Å². The Bertz CT molecular complexity index is 319. The van der Waals surface area contributed by atoms with Crippen LogP contribution in [0.4, 0.5) is 4.79 Å². The first-order valence-corrected chi connectivity index (χ1v) is 6.32. The number of carboxylic acid groups (broad SMARTS) is 1. The van der Waals surface area contributed by atoms with Crippen molar-refractivity contribution in [3.05, 3.63) is 0 Å². The molecule has 2 amide bonds. The van der Waals surface area contributed by atoms with E-state index in [1.165, 1.54) is 6.92 Å². The summed E-state index contributed by atoms with van der Waals surface area (Å²) in [7, 11) is 0. The van der Waals surface area contributed by atoms with E-state index in [2.05, 4.69) is 10.6 Å². The highest BCUT2D eigenvalue weighted by Gasteiger charge is 2.16. The molecule has 110 valence electrons. The SMILES string of the molecule is CCOC(=O)C(C)NC(=O)NCCCC(C)C(=O)O. The van der Waals surface area contributed by atoms with Gasteiger partial charge in [0, 0.05) is 6.54 Å². The number of ether oxygens (including phenoxy) is 1. The van der Waals surface area contributed by atoms with Crippen LogP contribution in [0.3, 0.4) is 0 Å². The number of carboxylic acids is 1. The molecule has 0 radical (unpaired) electrons. The smallest absolute Gasteiger partial charge is 0.328 e. The summed E-state index contributed by atoms with van der Waals surface area (Å²) in [6.07, 6.45) is 1.05. The highest BCUT2D eigenvalue weighted by molar-refractivity contribution is 5.83. The Balaban J connectivity index is 3.76. The molecule has 0 rings (SSSR count). The molecule has 0 bridgehead atoms. The molecule has 3 N–H and O–H groups in total. The highest BCUT2D eigenvalue weighted by atomic mass is 16.5. The Morgan fingerprint density at radius 3 is 2.42 bits per heavy atom. The standard InChI is InChI=1S/C12H22N2O5/c1-4-19-11(17)9(3)14-12(18)13-7-5-6-8(2)10(15)16/h8-9H,4-7H2,1-3H3,(H,15,16)(H2,13,14,18). The van der Waals surface area contributed by atoms with Crippen LogP contribution in [0.15, 0.2) is 0 Å². The predicted molar refractivity (Wildman–Crippen MR) is 68.7 cm³/mol. The number of nitrogens with one attached hydrogen (secondary N) is 2. The van der Waals surface area contributed by atoms with E-state index in [-0.39, 0.29) is 6.61 Å². The summed E-state index contributed by atoms with van der Waals surface area (Å²) < 4.78 is 4.74. The van der Waals surface area contributed by atoms with E-state index in [9.17, 15) is 14.4 Å². The summed E-state index contributed by atoms with van der Waals surface area (Å²) >= 11 is 0. The average Bonchev–Trinajstić information content (AvgIpc) is 2.34. The van der Waals surface area contributed by atoms with Crippen LogP contribution < -0.4 is 10.6 Å². The molecule has 0 spiro atoms. The van der Waals surface area contributed by atoms with Crippen molar-refractivity contribution >= 4 is 18.0 Å². The van der Waals surface area contributed by atoms with Gasteiger partial charge in [-0.05, 0) is 26.7 Å². The lowest BCUT2D eigenvalue weighted by Crippen LogP contribution is -2.45. The van der Waals surface area contributed by atoms with Crippen LogP contribution in [0.2, 0.25) is 0 Å². The summed E-state index contributed by atoms with van der Waals surface area (Å²) in [6.45, 7) is 5.46. The Labute approximate surface area is 112 Å². The molecule has 0 aromatic heterocycles. The first-order chi connectivity index (χ1) is 8.88. The third-order valence-corrected chi connectivity index (χ3v) is 2.51. The molecule has 7 heteroatoms. The molecule has 0 aliphatic heterocycles. The van der Waals surface area contributed by atoms with Gasteiger partial charge in [0.25, 0.3) is 0 Å². The number of aliphatic carboxylic acids is 1. The van der Waals surface area contributed by atoms with Crippen molar-refractivity contribution in [3.63, 3.8) is 0 Å². The van der Waals surface area contributed by atoms with E-state index in [0.29, 0.717) is 19.4 Å². The molecule has 0 aromatic carbocycles. The van der Waals surface area contributed by atoms with Crippen LogP contribution in [0.25, 0.3) is 0 Å². The van der Waals surface area contributed by atoms with Gasteiger partial charge in [0.2, 0.25) is 0 Å². The second kappa shape index (κ2) is 9.18. The molecule has 19 heavy (non-hydrogen) atoms. The molecule has 0 aliphatic rings. The lowest BCUT2D eigenvalue weighted by atomic mass is 10.1. The average molecular weight is 274 g/mol. The fourth-order valence-corrected chi connectivity index (χ4v) is 1.31. The molecular weight excluding hydrogens is 252 g/mol. The van der Waals surface area contributed by atoms with Crippen molar-refractivity contribution in [2.75, 3.05) is 13.2 Å². The fraction of sp³-hybridized carbons (Fsp3) is 0.750. The van der Waals surface area contributed by atoms with Gasteiger partial charge in [-0.15, -0.1) is 0 Å². The third-order valence-electron chi connectivity index (χ3n) is 2.51. The molecule has 0 saturated heterocycles. The van der Waals surface area contributed by atoms with Crippen molar-refractivity contribution in [1.82, 2.24) is 10.6 Å². The van der Waals surface area contributed by atoms with E-state index in [0.717, 1.165) is 0 Å². The largest absolute Gasteiger partial charge is 0.481 e. The van der Waals surface area contributed by atoms with Gasteiger partial charge in [-0.25, -0.2) is 9.59 Å². The van der Waals surface area contributed by atoms with Gasteiger partial charge >= 0.3 is 18.0 Å². The zero-order chi connectivity index (χ0) is 14.8. The van der Waals surface area contributed by atoms with E-state index >= 15 is 0 Å². The van der Waals surface area contributed by atoms with E-state index in [1.807, 2.05) is 0 Å². The van der Waals surface area contributed by atoms with Gasteiger partial charge < -0.3 is 20.5 Å². The van der Waals surface area contributed by atoms with E-state index < -0.39 is 29.9 Å². The van der Waals surface area contributed by atoms with Gasteiger partial charge in [0.1, 0.15) is 6.04 Å². The van der Waals surface area contributed by atoms with E-state index in [1.54, 1.807) is 13.8 Å². The molecule has 0 saturated carbocycles. The number of hydrogen-bond acceptors (Lipinski definition) is 4. The van der Waals surface area contributed by atoms with Gasteiger partial charge in [-0.3, -0.25) is 4.79 Å². The number of carbonyl (C=O) groups is 3. The number of amides is 2. The van der Waals surface area contributed by atoms with Crippen molar-refractivity contribution in [3.8, 4) is 0 Å². The van der Waals surface area contributed by atoms with Crippen molar-refractivity contribution in [1.29, 1.82) is 0 Å². The number of carbonyl (C=O) groups excluding carboxylic acids is 2. The minimum Gasteiger partial charge on any atom is -0.481 e. The third kappa shape index (κ3) is 8.01. The maximum atomic E-state index is 11.4. The quantitative estimate of drug-likeness (QED) is 0.447. The Hall–Kier alpha value is -1.79. The summed E-state index contributed by atoms with van der Waals surface area (Å²) in [5.41, 5.74) is 0. The Morgan fingerprint density at radius 1 is 1.26 bits per heavy atom. The monoisotopic (exact) mass is 274 g/mol. The van der Waals surface area contributed by atoms with Crippen molar-refractivity contribution < 1.29 is 24.2 Å². The highest BCUT2D eigenvalue weighted by Crippen LogP contribution is 2.04. The van der Waals surface area contributed by atoms with Crippen LogP contribution in [-0.4, -0.2) is 42.3 Å². The predicted octanol–water partition coefficient (Wildman–Crippen LogP) is 0.738. The summed E-state index contributed by atoms with van der Waals surface area (Å²) in [6, 6.07) is -1.18. The van der Waals surface area contributed by atoms with Crippen LogP contribution in [-0.2, 0) is 14.3 Å². The zero-order valence-corrected chi connectivity index (χ0v) is 11.6. The second-order valence-electron chi connectivity index (χ2n) is 4.26. The van der Waals surface area contributed by atoms with Crippen LogP contribution in [0, 0.1) is 5.92 Å². The topological polar surface area (TPSA) is 105 Å². The Morgan fingerprint density at radius 2 is 1.89 bits per heavy atom. The molecule has 7 nitrogen and oxygen atoms in total. The molecule has 0 aromatic rings. The van der Waals surface area contributed by atoms with Gasteiger partial charge in [-0.2, -0.15) is 0 Å². The summed E-state index contributed by atoms with van der Waals surface area (Å²) in [5, 5.41) is 13.7. The molecule has 0 fully saturated rings. The Kier molecular flexibility index (Phi) is 8.32. The van der Waals surface area contributed by atoms with Gasteiger partial charge in [0.15, 0.2) is 0 Å². The van der Waals surface area contributed by atoms with Gasteiger partial charge in [0.05, 0.1) is 12.5 Å². The minimum atomic E-state index is -0.847. The first-order valence-electron chi connectivity index (χ1n) is 6.32. The molecule has 0 heterocycles. The lowest BCUT2D eigenvalue weighted by Gasteiger charge is -2.13. The van der Waals surface area contributed by atoms with Crippen LogP contribution in [0.1, 0.15) is 33.6 Å². The molecule has 0 aliphatic carbocycles. The number of urea groups is 1. The minimum absolute atomic E-state index is 0.263. The number of hydrogen-bond donors (Lipinski definition) is 3. The normalized spacial score (nSPS) is 13.2. The van der Waals surface area contributed by atoms with Gasteiger partial charge in [-0.1, -0.05) is 6.92 Å². The fourth-order valence-electron chi connectivity index (χ4n) is 1.31. The van der Waals surface area contributed by atoms with Crippen molar-refractivity contribution in [2.45, 2.75) is 39.7 Å². The van der Waals surface area contributed by atoms with E-state index in [4.69, 9.17) is 9.84 Å². The molecular formula is C12H22N2O5. The lowest BCUT2D eigenvalue weighted by molar-refractivity contribution is -0.145. The maximum absolute atomic E-state index is 11.4. The first kappa shape index (κ1) is 17.2. The summed E-state index contributed by atoms with van der Waals surface area (Å²) in [4.78, 5) is 33.2. The zero-order valence-electron chi connectivity index (χ0n) is 11.6. The molecule has 2 unspecified atom stereocenters. The maximum Gasteiger partial charge on any atom is 0.328 e. The van der Waals surface area contributed by atoms with Crippen LogP contribution in [0.5, 0.6) is 0 Å². The number of rotatable bonds is 8. The van der Waals surface area contributed by atoms with Crippen LogP contribution >= 0.6 is 0 Å². The number of esters is 1.